The Kier molecular flexibility index (Phi) is 5.21. The molecule has 102 valence electrons. The number of thiocarbonyl (C=S) groups is 1. The van der Waals surface area contributed by atoms with Crippen molar-refractivity contribution >= 4 is 23.0 Å². The fraction of sp³-hybridized carbons (Fsp3) is 0.400. The summed E-state index contributed by atoms with van der Waals surface area (Å²) in [4.78, 5) is 0. The van der Waals surface area contributed by atoms with E-state index < -0.39 is 0 Å². The number of benzene rings is 1. The van der Waals surface area contributed by atoms with Crippen LogP contribution in [0, 0.1) is 0 Å². The minimum atomic E-state index is 0.397. The summed E-state index contributed by atoms with van der Waals surface area (Å²) < 4.78 is 5.91. The highest BCUT2D eigenvalue weighted by atomic mass is 32.1. The van der Waals surface area contributed by atoms with E-state index >= 15 is 0 Å². The SMILES string of the molecule is C=CCNC(=S)Nc1ccc(OC2CCCC2)cc1. The van der Waals surface area contributed by atoms with Gasteiger partial charge < -0.3 is 15.4 Å². The van der Waals surface area contributed by atoms with Gasteiger partial charge in [-0.25, -0.2) is 0 Å². The van der Waals surface area contributed by atoms with E-state index in [1.54, 1.807) is 6.08 Å². The van der Waals surface area contributed by atoms with Gasteiger partial charge in [-0.05, 0) is 62.2 Å². The second-order valence-corrected chi connectivity index (χ2v) is 5.08. The number of rotatable bonds is 5. The van der Waals surface area contributed by atoms with Gasteiger partial charge in [-0.15, -0.1) is 6.58 Å². The first-order valence-electron chi connectivity index (χ1n) is 6.70. The zero-order valence-corrected chi connectivity index (χ0v) is 11.8. The quantitative estimate of drug-likeness (QED) is 0.637. The van der Waals surface area contributed by atoms with Crippen LogP contribution >= 0.6 is 12.2 Å². The monoisotopic (exact) mass is 276 g/mol. The molecule has 1 aliphatic carbocycles. The van der Waals surface area contributed by atoms with Crippen LogP contribution in [-0.4, -0.2) is 17.8 Å². The van der Waals surface area contributed by atoms with Crippen LogP contribution in [0.15, 0.2) is 36.9 Å². The van der Waals surface area contributed by atoms with Crippen LogP contribution in [0.2, 0.25) is 0 Å². The van der Waals surface area contributed by atoms with Gasteiger partial charge in [-0.1, -0.05) is 6.08 Å². The summed E-state index contributed by atoms with van der Waals surface area (Å²) in [5, 5.41) is 6.74. The second-order valence-electron chi connectivity index (χ2n) is 4.67. The van der Waals surface area contributed by atoms with Gasteiger partial charge in [0, 0.05) is 12.2 Å². The summed E-state index contributed by atoms with van der Waals surface area (Å²) >= 11 is 5.15. The first-order chi connectivity index (χ1) is 9.28. The van der Waals surface area contributed by atoms with Crippen LogP contribution in [0.5, 0.6) is 5.75 Å². The molecule has 3 nitrogen and oxygen atoms in total. The molecule has 1 aromatic carbocycles. The summed E-state index contributed by atoms with van der Waals surface area (Å²) in [5.74, 6) is 0.933. The topological polar surface area (TPSA) is 33.3 Å². The smallest absolute Gasteiger partial charge is 0.171 e. The maximum absolute atomic E-state index is 5.91. The standard InChI is InChI=1S/C15H20N2OS/c1-2-11-16-15(19)17-12-7-9-14(10-8-12)18-13-5-3-4-6-13/h2,7-10,13H,1,3-6,11H2,(H2,16,17,19). The molecule has 1 aromatic rings. The molecule has 0 unspecified atom stereocenters. The molecular formula is C15H20N2OS. The van der Waals surface area contributed by atoms with E-state index in [9.17, 15) is 0 Å². The Morgan fingerprint density at radius 1 is 1.32 bits per heavy atom. The van der Waals surface area contributed by atoms with Crippen molar-refractivity contribution in [3.8, 4) is 5.75 Å². The molecule has 2 N–H and O–H groups in total. The molecule has 2 rings (SSSR count). The van der Waals surface area contributed by atoms with Crippen molar-refractivity contribution in [3.05, 3.63) is 36.9 Å². The third-order valence-electron chi connectivity index (χ3n) is 3.12. The van der Waals surface area contributed by atoms with Gasteiger partial charge in [0.2, 0.25) is 0 Å². The fourth-order valence-corrected chi connectivity index (χ4v) is 2.36. The van der Waals surface area contributed by atoms with Crippen molar-refractivity contribution in [2.75, 3.05) is 11.9 Å². The molecule has 0 saturated heterocycles. The van der Waals surface area contributed by atoms with Gasteiger partial charge in [0.25, 0.3) is 0 Å². The number of hydrogen-bond donors (Lipinski definition) is 2. The predicted octanol–water partition coefficient (Wildman–Crippen LogP) is 3.48. The van der Waals surface area contributed by atoms with Gasteiger partial charge in [0.05, 0.1) is 6.10 Å². The van der Waals surface area contributed by atoms with Gasteiger partial charge in [-0.3, -0.25) is 0 Å². The lowest BCUT2D eigenvalue weighted by atomic mass is 10.3. The average Bonchev–Trinajstić information content (AvgIpc) is 2.91. The van der Waals surface area contributed by atoms with Crippen LogP contribution in [0.1, 0.15) is 25.7 Å². The van der Waals surface area contributed by atoms with E-state index in [2.05, 4.69) is 17.2 Å². The first-order valence-corrected chi connectivity index (χ1v) is 7.11. The molecule has 0 atom stereocenters. The molecule has 0 bridgehead atoms. The lowest BCUT2D eigenvalue weighted by Gasteiger charge is -2.14. The minimum Gasteiger partial charge on any atom is -0.490 e. The molecule has 0 aliphatic heterocycles. The molecular weight excluding hydrogens is 256 g/mol. The highest BCUT2D eigenvalue weighted by molar-refractivity contribution is 7.80. The summed E-state index contributed by atoms with van der Waals surface area (Å²) in [6, 6.07) is 7.92. The normalized spacial score (nSPS) is 14.9. The lowest BCUT2D eigenvalue weighted by Crippen LogP contribution is -2.28. The zero-order chi connectivity index (χ0) is 13.5. The van der Waals surface area contributed by atoms with E-state index in [1.165, 1.54) is 25.7 Å². The van der Waals surface area contributed by atoms with Crippen LogP contribution in [-0.2, 0) is 0 Å². The Balaban J connectivity index is 1.83. The van der Waals surface area contributed by atoms with Gasteiger partial charge in [-0.2, -0.15) is 0 Å². The Hall–Kier alpha value is -1.55. The Morgan fingerprint density at radius 3 is 2.63 bits per heavy atom. The van der Waals surface area contributed by atoms with Crippen LogP contribution in [0.25, 0.3) is 0 Å². The van der Waals surface area contributed by atoms with Gasteiger partial charge >= 0.3 is 0 Å². The maximum Gasteiger partial charge on any atom is 0.171 e. The zero-order valence-electron chi connectivity index (χ0n) is 11.0. The number of hydrogen-bond acceptors (Lipinski definition) is 2. The molecule has 1 saturated carbocycles. The molecule has 0 amide bonds. The maximum atomic E-state index is 5.91. The van der Waals surface area contributed by atoms with E-state index in [-0.39, 0.29) is 0 Å². The van der Waals surface area contributed by atoms with Gasteiger partial charge in [0.1, 0.15) is 5.75 Å². The summed E-state index contributed by atoms with van der Waals surface area (Å²) in [6.45, 7) is 4.30. The Labute approximate surface area is 120 Å². The van der Waals surface area contributed by atoms with Crippen molar-refractivity contribution in [2.24, 2.45) is 0 Å². The fourth-order valence-electron chi connectivity index (χ4n) is 2.16. The minimum absolute atomic E-state index is 0.397. The molecule has 19 heavy (non-hydrogen) atoms. The van der Waals surface area contributed by atoms with E-state index in [1.807, 2.05) is 24.3 Å². The average molecular weight is 276 g/mol. The van der Waals surface area contributed by atoms with E-state index in [0.717, 1.165) is 11.4 Å². The van der Waals surface area contributed by atoms with E-state index in [4.69, 9.17) is 17.0 Å². The van der Waals surface area contributed by atoms with Crippen molar-refractivity contribution in [2.45, 2.75) is 31.8 Å². The lowest BCUT2D eigenvalue weighted by molar-refractivity contribution is 0.210. The van der Waals surface area contributed by atoms with Crippen LogP contribution in [0.3, 0.4) is 0 Å². The number of ether oxygens (including phenoxy) is 1. The first kappa shape index (κ1) is 13.9. The van der Waals surface area contributed by atoms with Crippen molar-refractivity contribution in [3.63, 3.8) is 0 Å². The Morgan fingerprint density at radius 2 is 2.00 bits per heavy atom. The number of nitrogens with one attached hydrogen (secondary N) is 2. The molecule has 0 spiro atoms. The molecule has 0 heterocycles. The third-order valence-corrected chi connectivity index (χ3v) is 3.37. The van der Waals surface area contributed by atoms with Crippen molar-refractivity contribution in [1.82, 2.24) is 5.32 Å². The van der Waals surface area contributed by atoms with Crippen LogP contribution in [0.4, 0.5) is 5.69 Å². The van der Waals surface area contributed by atoms with Crippen molar-refractivity contribution in [1.29, 1.82) is 0 Å². The highest BCUT2D eigenvalue weighted by Crippen LogP contribution is 2.24. The highest BCUT2D eigenvalue weighted by Gasteiger charge is 2.16. The third kappa shape index (κ3) is 4.56. The predicted molar refractivity (Wildman–Crippen MR) is 83.7 cm³/mol. The molecule has 1 aliphatic rings. The van der Waals surface area contributed by atoms with Crippen molar-refractivity contribution < 1.29 is 4.74 Å². The number of anilines is 1. The molecule has 0 aromatic heterocycles. The van der Waals surface area contributed by atoms with E-state index in [0.29, 0.717) is 17.8 Å². The second kappa shape index (κ2) is 7.14. The molecule has 0 radical (unpaired) electrons. The summed E-state index contributed by atoms with van der Waals surface area (Å²) in [5.41, 5.74) is 0.959. The van der Waals surface area contributed by atoms with Crippen LogP contribution < -0.4 is 15.4 Å². The summed E-state index contributed by atoms with van der Waals surface area (Å²) in [7, 11) is 0. The molecule has 1 fully saturated rings. The molecule has 4 heteroatoms. The largest absolute Gasteiger partial charge is 0.490 e. The summed E-state index contributed by atoms with van der Waals surface area (Å²) in [6.07, 6.45) is 7.09. The van der Waals surface area contributed by atoms with Gasteiger partial charge in [0.15, 0.2) is 5.11 Å². The Bertz CT molecular complexity index is 424.